The number of carbonyl (C=O) groups excluding carboxylic acids is 1. The van der Waals surface area contributed by atoms with E-state index in [9.17, 15) is 4.79 Å². The zero-order valence-corrected chi connectivity index (χ0v) is 11.5. The number of nitrogen functional groups attached to an aromatic ring is 1. The second-order valence-corrected chi connectivity index (χ2v) is 4.90. The summed E-state index contributed by atoms with van der Waals surface area (Å²) in [6.45, 7) is 7.34. The molecule has 1 aromatic rings. The minimum atomic E-state index is -0.373. The van der Waals surface area contributed by atoms with E-state index in [1.165, 1.54) is 7.11 Å². The molecular formula is C14H22N2O2. The molecule has 0 fully saturated rings. The van der Waals surface area contributed by atoms with Gasteiger partial charge >= 0.3 is 5.97 Å². The zero-order chi connectivity index (χ0) is 13.7. The molecule has 0 amide bonds. The molecule has 0 spiro atoms. The zero-order valence-electron chi connectivity index (χ0n) is 11.5. The Bertz CT molecular complexity index is 416. The summed E-state index contributed by atoms with van der Waals surface area (Å²) in [6.07, 6.45) is 0. The van der Waals surface area contributed by atoms with E-state index in [2.05, 4.69) is 26.1 Å². The van der Waals surface area contributed by atoms with Crippen molar-refractivity contribution in [1.29, 1.82) is 0 Å². The molecule has 0 radical (unpaired) electrons. The number of benzene rings is 1. The molecule has 100 valence electrons. The van der Waals surface area contributed by atoms with Gasteiger partial charge in [-0.2, -0.15) is 0 Å². The fraction of sp³-hybridized carbons (Fsp3) is 0.500. The van der Waals surface area contributed by atoms with Crippen LogP contribution in [0.1, 0.15) is 31.1 Å². The lowest BCUT2D eigenvalue weighted by Gasteiger charge is -2.18. The van der Waals surface area contributed by atoms with Crippen LogP contribution in [0.5, 0.6) is 0 Å². The molecular weight excluding hydrogens is 228 g/mol. The standard InChI is InChI=1S/C14H22N2O2/c1-9(2)10(3)8-16-13-6-5-11(15)7-12(13)14(17)18-4/h5-7,9-10,16H,8,15H2,1-4H3. The van der Waals surface area contributed by atoms with Gasteiger partial charge in [-0.15, -0.1) is 0 Å². The Balaban J connectivity index is 2.85. The Labute approximate surface area is 109 Å². The van der Waals surface area contributed by atoms with Gasteiger partial charge < -0.3 is 15.8 Å². The van der Waals surface area contributed by atoms with Crippen molar-refractivity contribution in [2.45, 2.75) is 20.8 Å². The molecule has 1 atom stereocenters. The number of anilines is 2. The number of hydrogen-bond acceptors (Lipinski definition) is 4. The first-order valence-electron chi connectivity index (χ1n) is 6.17. The third-order valence-electron chi connectivity index (χ3n) is 3.20. The summed E-state index contributed by atoms with van der Waals surface area (Å²) in [5.74, 6) is 0.739. The lowest BCUT2D eigenvalue weighted by Crippen LogP contribution is -2.18. The van der Waals surface area contributed by atoms with Crippen molar-refractivity contribution in [2.24, 2.45) is 11.8 Å². The van der Waals surface area contributed by atoms with E-state index in [4.69, 9.17) is 10.5 Å². The topological polar surface area (TPSA) is 64.3 Å². The maximum Gasteiger partial charge on any atom is 0.340 e. The second kappa shape index (κ2) is 6.28. The molecule has 0 aliphatic rings. The van der Waals surface area contributed by atoms with Crippen molar-refractivity contribution in [3.05, 3.63) is 23.8 Å². The third kappa shape index (κ3) is 3.65. The molecule has 1 unspecified atom stereocenters. The highest BCUT2D eigenvalue weighted by Gasteiger charge is 2.13. The lowest BCUT2D eigenvalue weighted by atomic mass is 9.98. The molecule has 1 aromatic carbocycles. The van der Waals surface area contributed by atoms with Gasteiger partial charge in [0.1, 0.15) is 0 Å². The van der Waals surface area contributed by atoms with E-state index >= 15 is 0 Å². The summed E-state index contributed by atoms with van der Waals surface area (Å²) in [7, 11) is 1.37. The molecule has 0 saturated heterocycles. The highest BCUT2D eigenvalue weighted by Crippen LogP contribution is 2.21. The van der Waals surface area contributed by atoms with Crippen molar-refractivity contribution >= 4 is 17.3 Å². The summed E-state index contributed by atoms with van der Waals surface area (Å²) in [4.78, 5) is 11.6. The number of hydrogen-bond donors (Lipinski definition) is 2. The van der Waals surface area contributed by atoms with Gasteiger partial charge in [-0.25, -0.2) is 4.79 Å². The first-order chi connectivity index (χ1) is 8.45. The molecule has 0 aromatic heterocycles. The molecule has 4 nitrogen and oxygen atoms in total. The predicted molar refractivity (Wildman–Crippen MR) is 74.7 cm³/mol. The number of methoxy groups -OCH3 is 1. The maximum absolute atomic E-state index is 11.6. The van der Waals surface area contributed by atoms with Gasteiger partial charge in [0, 0.05) is 17.9 Å². The van der Waals surface area contributed by atoms with Crippen LogP contribution < -0.4 is 11.1 Å². The minimum absolute atomic E-state index is 0.373. The van der Waals surface area contributed by atoms with E-state index in [0.717, 1.165) is 12.2 Å². The van der Waals surface area contributed by atoms with E-state index in [0.29, 0.717) is 23.1 Å². The lowest BCUT2D eigenvalue weighted by molar-refractivity contribution is 0.0602. The quantitative estimate of drug-likeness (QED) is 0.623. The number of carbonyl (C=O) groups is 1. The summed E-state index contributed by atoms with van der Waals surface area (Å²) in [5.41, 5.74) is 7.49. The largest absolute Gasteiger partial charge is 0.465 e. The molecule has 1 rings (SSSR count). The van der Waals surface area contributed by atoms with Crippen molar-refractivity contribution in [2.75, 3.05) is 24.7 Å². The minimum Gasteiger partial charge on any atom is -0.465 e. The normalized spacial score (nSPS) is 12.3. The van der Waals surface area contributed by atoms with Crippen molar-refractivity contribution in [3.63, 3.8) is 0 Å². The number of ether oxygens (including phenoxy) is 1. The van der Waals surface area contributed by atoms with Gasteiger partial charge in [0.2, 0.25) is 0 Å². The number of esters is 1. The van der Waals surface area contributed by atoms with Crippen LogP contribution in [0.3, 0.4) is 0 Å². The summed E-state index contributed by atoms with van der Waals surface area (Å²) < 4.78 is 4.75. The molecule has 0 heterocycles. The average molecular weight is 250 g/mol. The Morgan fingerprint density at radius 3 is 2.61 bits per heavy atom. The fourth-order valence-electron chi connectivity index (χ4n) is 1.50. The summed E-state index contributed by atoms with van der Waals surface area (Å²) >= 11 is 0. The van der Waals surface area contributed by atoms with Gasteiger partial charge in [0.25, 0.3) is 0 Å². The Hall–Kier alpha value is -1.71. The molecule has 0 bridgehead atoms. The van der Waals surface area contributed by atoms with Crippen molar-refractivity contribution in [3.8, 4) is 0 Å². The monoisotopic (exact) mass is 250 g/mol. The van der Waals surface area contributed by atoms with Crippen LogP contribution in [-0.2, 0) is 4.74 Å². The van der Waals surface area contributed by atoms with Gasteiger partial charge in [-0.3, -0.25) is 0 Å². The number of rotatable bonds is 5. The Morgan fingerprint density at radius 2 is 2.06 bits per heavy atom. The van der Waals surface area contributed by atoms with Crippen LogP contribution in [0.15, 0.2) is 18.2 Å². The smallest absolute Gasteiger partial charge is 0.340 e. The molecule has 0 aliphatic heterocycles. The van der Waals surface area contributed by atoms with Gasteiger partial charge in [-0.1, -0.05) is 20.8 Å². The number of nitrogens with two attached hydrogens (primary N) is 1. The van der Waals surface area contributed by atoms with Gasteiger partial charge in [0.15, 0.2) is 0 Å². The average Bonchev–Trinajstić information content (AvgIpc) is 2.35. The van der Waals surface area contributed by atoms with Crippen molar-refractivity contribution in [1.82, 2.24) is 0 Å². The van der Waals surface area contributed by atoms with E-state index < -0.39 is 0 Å². The van der Waals surface area contributed by atoms with E-state index in [1.54, 1.807) is 12.1 Å². The summed E-state index contributed by atoms with van der Waals surface area (Å²) in [5, 5.41) is 3.28. The Morgan fingerprint density at radius 1 is 1.39 bits per heavy atom. The highest BCUT2D eigenvalue weighted by atomic mass is 16.5. The van der Waals surface area contributed by atoms with Gasteiger partial charge in [0.05, 0.1) is 12.7 Å². The van der Waals surface area contributed by atoms with Crippen LogP contribution in [0.4, 0.5) is 11.4 Å². The van der Waals surface area contributed by atoms with E-state index in [-0.39, 0.29) is 5.97 Å². The van der Waals surface area contributed by atoms with Crippen LogP contribution in [0.2, 0.25) is 0 Å². The van der Waals surface area contributed by atoms with Gasteiger partial charge in [-0.05, 0) is 30.0 Å². The van der Waals surface area contributed by atoms with Crippen LogP contribution >= 0.6 is 0 Å². The SMILES string of the molecule is COC(=O)c1cc(N)ccc1NCC(C)C(C)C. The molecule has 18 heavy (non-hydrogen) atoms. The first-order valence-corrected chi connectivity index (χ1v) is 6.17. The third-order valence-corrected chi connectivity index (χ3v) is 3.20. The fourth-order valence-corrected chi connectivity index (χ4v) is 1.50. The van der Waals surface area contributed by atoms with E-state index in [1.807, 2.05) is 6.07 Å². The number of nitrogens with one attached hydrogen (secondary N) is 1. The molecule has 0 aliphatic carbocycles. The predicted octanol–water partition coefficient (Wildman–Crippen LogP) is 2.76. The van der Waals surface area contributed by atoms with Crippen LogP contribution in [0, 0.1) is 11.8 Å². The molecule has 4 heteroatoms. The van der Waals surface area contributed by atoms with Crippen molar-refractivity contribution < 1.29 is 9.53 Å². The first kappa shape index (κ1) is 14.4. The highest BCUT2D eigenvalue weighted by molar-refractivity contribution is 5.96. The summed E-state index contributed by atoms with van der Waals surface area (Å²) in [6, 6.07) is 5.22. The molecule has 3 N–H and O–H groups in total. The van der Waals surface area contributed by atoms with Crippen LogP contribution in [-0.4, -0.2) is 19.6 Å². The Kier molecular flexibility index (Phi) is 5.01. The molecule has 0 saturated carbocycles. The van der Waals surface area contributed by atoms with Crippen LogP contribution in [0.25, 0.3) is 0 Å². The maximum atomic E-state index is 11.6. The second-order valence-electron chi connectivity index (χ2n) is 4.90.